The van der Waals surface area contributed by atoms with Gasteiger partial charge < -0.3 is 5.11 Å². The molecular formula is C14H16ClN3OS. The Morgan fingerprint density at radius 3 is 2.60 bits per heavy atom. The summed E-state index contributed by atoms with van der Waals surface area (Å²) in [4.78, 5) is 12.6. The molecular weight excluding hydrogens is 294 g/mol. The highest BCUT2D eigenvalue weighted by Gasteiger charge is 2.39. The maximum Gasteiger partial charge on any atom is 0.187 e. The van der Waals surface area contributed by atoms with Crippen LogP contribution in [0.4, 0.5) is 0 Å². The van der Waals surface area contributed by atoms with E-state index in [9.17, 15) is 5.11 Å². The van der Waals surface area contributed by atoms with E-state index in [1.165, 1.54) is 11.8 Å². The van der Waals surface area contributed by atoms with E-state index in [1.54, 1.807) is 30.6 Å². The summed E-state index contributed by atoms with van der Waals surface area (Å²) in [5.74, 6) is -0.117. The summed E-state index contributed by atoms with van der Waals surface area (Å²) in [5.41, 5.74) is -0.206. The lowest BCUT2D eigenvalue weighted by Crippen LogP contribution is -2.35. The van der Waals surface area contributed by atoms with E-state index in [0.29, 0.717) is 16.4 Å². The topological polar surface area (TPSA) is 58.9 Å². The van der Waals surface area contributed by atoms with Crippen molar-refractivity contribution >= 4 is 23.4 Å². The predicted molar refractivity (Wildman–Crippen MR) is 80.9 cm³/mol. The zero-order valence-electron chi connectivity index (χ0n) is 11.5. The lowest BCUT2D eigenvalue weighted by Gasteiger charge is -2.32. The van der Waals surface area contributed by atoms with Gasteiger partial charge in [0.2, 0.25) is 0 Å². The maximum atomic E-state index is 11.2. The molecule has 0 fully saturated rings. The Hall–Kier alpha value is -1.17. The van der Waals surface area contributed by atoms with E-state index in [1.807, 2.05) is 20.1 Å². The average molecular weight is 310 g/mol. The summed E-state index contributed by atoms with van der Waals surface area (Å²) < 4.78 is 0. The number of aliphatic hydroxyl groups is 1. The fourth-order valence-corrected chi connectivity index (χ4v) is 2.69. The number of halogens is 1. The first-order chi connectivity index (χ1) is 9.50. The van der Waals surface area contributed by atoms with Gasteiger partial charge in [-0.3, -0.25) is 0 Å². The number of thioether (sulfide) groups is 1. The third-order valence-electron chi connectivity index (χ3n) is 3.21. The third kappa shape index (κ3) is 2.66. The number of nitrogens with zero attached hydrogens (tertiary/aromatic N) is 3. The Bertz CT molecular complexity index is 608. The highest BCUT2D eigenvalue weighted by Crippen LogP contribution is 2.38. The van der Waals surface area contributed by atoms with Crippen LogP contribution in [0.3, 0.4) is 0 Å². The molecule has 0 aromatic carbocycles. The molecule has 1 unspecified atom stereocenters. The summed E-state index contributed by atoms with van der Waals surface area (Å²) in [5, 5.41) is 12.1. The van der Waals surface area contributed by atoms with Crippen LogP contribution in [0.2, 0.25) is 5.15 Å². The minimum atomic E-state index is -1.29. The number of pyridine rings is 1. The molecule has 6 heteroatoms. The SMILES string of the molecule is CSc1nccc(C(O)(c2cccnc2Cl)C(C)C)n1. The predicted octanol–water partition coefficient (Wildman–Crippen LogP) is 3.14. The summed E-state index contributed by atoms with van der Waals surface area (Å²) in [6, 6.07) is 5.24. The minimum absolute atomic E-state index is 0.117. The molecule has 0 amide bonds. The molecule has 106 valence electrons. The van der Waals surface area contributed by atoms with E-state index in [-0.39, 0.29) is 11.1 Å². The molecule has 2 heterocycles. The molecule has 4 nitrogen and oxygen atoms in total. The summed E-state index contributed by atoms with van der Waals surface area (Å²) in [6.07, 6.45) is 5.14. The van der Waals surface area contributed by atoms with Crippen molar-refractivity contribution in [1.29, 1.82) is 0 Å². The molecule has 1 N–H and O–H groups in total. The Morgan fingerprint density at radius 2 is 2.00 bits per heavy atom. The molecule has 0 aliphatic carbocycles. The number of rotatable bonds is 4. The van der Waals surface area contributed by atoms with Crippen LogP contribution in [0.15, 0.2) is 35.7 Å². The van der Waals surface area contributed by atoms with Crippen LogP contribution in [0.25, 0.3) is 0 Å². The van der Waals surface area contributed by atoms with Gasteiger partial charge in [0.15, 0.2) is 5.16 Å². The van der Waals surface area contributed by atoms with Gasteiger partial charge in [0, 0.05) is 18.0 Å². The van der Waals surface area contributed by atoms with Crippen molar-refractivity contribution in [3.8, 4) is 0 Å². The van der Waals surface area contributed by atoms with Gasteiger partial charge in [0.1, 0.15) is 10.8 Å². The fraction of sp³-hybridized carbons (Fsp3) is 0.357. The van der Waals surface area contributed by atoms with Gasteiger partial charge in [-0.25, -0.2) is 15.0 Å². The van der Waals surface area contributed by atoms with Crippen LogP contribution < -0.4 is 0 Å². The number of aromatic nitrogens is 3. The van der Waals surface area contributed by atoms with E-state index in [0.717, 1.165) is 0 Å². The molecule has 2 aromatic rings. The molecule has 0 saturated carbocycles. The molecule has 0 bridgehead atoms. The molecule has 1 atom stereocenters. The molecule has 0 aliphatic rings. The average Bonchev–Trinajstić information content (AvgIpc) is 2.46. The zero-order chi connectivity index (χ0) is 14.8. The van der Waals surface area contributed by atoms with Crippen molar-refractivity contribution in [2.75, 3.05) is 6.26 Å². The van der Waals surface area contributed by atoms with E-state index in [4.69, 9.17) is 11.6 Å². The molecule has 0 aliphatic heterocycles. The Morgan fingerprint density at radius 1 is 1.25 bits per heavy atom. The van der Waals surface area contributed by atoms with Crippen molar-refractivity contribution in [1.82, 2.24) is 15.0 Å². The van der Waals surface area contributed by atoms with Gasteiger partial charge in [-0.1, -0.05) is 43.3 Å². The lowest BCUT2D eigenvalue weighted by molar-refractivity contribution is 0.0266. The van der Waals surface area contributed by atoms with Crippen LogP contribution >= 0.6 is 23.4 Å². The molecule has 0 spiro atoms. The highest BCUT2D eigenvalue weighted by molar-refractivity contribution is 7.98. The van der Waals surface area contributed by atoms with Crippen LogP contribution in [0.5, 0.6) is 0 Å². The van der Waals surface area contributed by atoms with Gasteiger partial charge in [0.05, 0.1) is 5.69 Å². The van der Waals surface area contributed by atoms with Gasteiger partial charge in [0.25, 0.3) is 0 Å². The minimum Gasteiger partial charge on any atom is -0.378 e. The molecule has 0 radical (unpaired) electrons. The summed E-state index contributed by atoms with van der Waals surface area (Å²) in [6.45, 7) is 3.84. The van der Waals surface area contributed by atoms with Gasteiger partial charge in [-0.2, -0.15) is 0 Å². The van der Waals surface area contributed by atoms with Crippen molar-refractivity contribution in [3.05, 3.63) is 47.0 Å². The van der Waals surface area contributed by atoms with E-state index < -0.39 is 5.60 Å². The normalized spacial score (nSPS) is 14.3. The smallest absolute Gasteiger partial charge is 0.187 e. The highest BCUT2D eigenvalue weighted by atomic mass is 35.5. The Labute approximate surface area is 127 Å². The molecule has 2 rings (SSSR count). The largest absolute Gasteiger partial charge is 0.378 e. The van der Waals surface area contributed by atoms with Crippen molar-refractivity contribution < 1.29 is 5.11 Å². The molecule has 2 aromatic heterocycles. The van der Waals surface area contributed by atoms with Crippen molar-refractivity contribution in [2.45, 2.75) is 24.6 Å². The van der Waals surface area contributed by atoms with E-state index in [2.05, 4.69) is 15.0 Å². The van der Waals surface area contributed by atoms with Crippen molar-refractivity contribution in [3.63, 3.8) is 0 Å². The lowest BCUT2D eigenvalue weighted by atomic mass is 9.81. The van der Waals surface area contributed by atoms with Crippen molar-refractivity contribution in [2.24, 2.45) is 5.92 Å². The second-order valence-electron chi connectivity index (χ2n) is 4.69. The standard InChI is InChI=1S/C14H16ClN3OS/c1-9(2)14(19,10-5-4-7-16-12(10)15)11-6-8-17-13(18-11)20-3/h4-9,19H,1-3H3. The van der Waals surface area contributed by atoms with Gasteiger partial charge in [-0.15, -0.1) is 0 Å². The van der Waals surface area contributed by atoms with E-state index >= 15 is 0 Å². The van der Waals surface area contributed by atoms with Crippen LogP contribution in [-0.2, 0) is 5.60 Å². The molecule has 0 saturated heterocycles. The number of hydrogen-bond acceptors (Lipinski definition) is 5. The zero-order valence-corrected chi connectivity index (χ0v) is 13.1. The quantitative estimate of drug-likeness (QED) is 0.534. The molecule has 20 heavy (non-hydrogen) atoms. The second kappa shape index (κ2) is 6.08. The number of hydrogen-bond donors (Lipinski definition) is 1. The summed E-state index contributed by atoms with van der Waals surface area (Å²) in [7, 11) is 0. The monoisotopic (exact) mass is 309 g/mol. The second-order valence-corrected chi connectivity index (χ2v) is 5.82. The van der Waals surface area contributed by atoms with Crippen LogP contribution in [0.1, 0.15) is 25.1 Å². The first-order valence-corrected chi connectivity index (χ1v) is 7.81. The van der Waals surface area contributed by atoms with Gasteiger partial charge >= 0.3 is 0 Å². The van der Waals surface area contributed by atoms with Crippen LogP contribution in [-0.4, -0.2) is 26.3 Å². The first-order valence-electron chi connectivity index (χ1n) is 6.21. The Kier molecular flexibility index (Phi) is 4.62. The maximum absolute atomic E-state index is 11.2. The third-order valence-corrected chi connectivity index (χ3v) is 4.07. The fourth-order valence-electron chi connectivity index (χ4n) is 2.07. The Balaban J connectivity index is 2.63. The summed E-state index contributed by atoms with van der Waals surface area (Å²) >= 11 is 7.58. The van der Waals surface area contributed by atoms with Gasteiger partial charge in [-0.05, 0) is 24.3 Å². The first kappa shape index (κ1) is 15.2. The van der Waals surface area contributed by atoms with Crippen LogP contribution in [0, 0.1) is 5.92 Å².